The molecule has 0 saturated carbocycles. The molecule has 0 aromatic carbocycles. The molecule has 0 N–H and O–H groups in total. The number of carbonyl (C=O) groups excluding carboxylic acids is 1. The first-order valence-electron chi connectivity index (χ1n) is 7.56. The summed E-state index contributed by atoms with van der Waals surface area (Å²) in [6, 6.07) is 1.47. The van der Waals surface area contributed by atoms with Crippen molar-refractivity contribution in [2.45, 2.75) is 57.8 Å². The quantitative estimate of drug-likeness (QED) is 0.630. The van der Waals surface area contributed by atoms with E-state index in [0.717, 1.165) is 0 Å². The van der Waals surface area contributed by atoms with Crippen molar-refractivity contribution in [3.8, 4) is 0 Å². The van der Waals surface area contributed by atoms with Gasteiger partial charge in [-0.2, -0.15) is 9.37 Å². The van der Waals surface area contributed by atoms with E-state index in [0.29, 0.717) is 25.3 Å². The minimum atomic E-state index is -1.88. The predicted molar refractivity (Wildman–Crippen MR) is 85.6 cm³/mol. The molecular formula is C15H24FN3O2Si. The highest BCUT2D eigenvalue weighted by atomic mass is 28.4. The molecule has 1 fully saturated rings. The zero-order valence-corrected chi connectivity index (χ0v) is 14.9. The molecule has 1 atom stereocenters. The Bertz CT molecular complexity index is 560. The molecule has 5 nitrogen and oxygen atoms in total. The van der Waals surface area contributed by atoms with Crippen molar-refractivity contribution in [1.82, 2.24) is 9.97 Å². The summed E-state index contributed by atoms with van der Waals surface area (Å²) in [6.45, 7) is 11.4. The number of halogens is 1. The van der Waals surface area contributed by atoms with Gasteiger partial charge in [0.15, 0.2) is 8.32 Å². The molecule has 2 heterocycles. The van der Waals surface area contributed by atoms with E-state index in [2.05, 4.69) is 43.8 Å². The third kappa shape index (κ3) is 3.52. The maximum atomic E-state index is 13.2. The van der Waals surface area contributed by atoms with Gasteiger partial charge in [0.05, 0.1) is 12.6 Å². The summed E-state index contributed by atoms with van der Waals surface area (Å²) < 4.78 is 19.4. The van der Waals surface area contributed by atoms with Crippen molar-refractivity contribution >= 4 is 20.0 Å². The van der Waals surface area contributed by atoms with Gasteiger partial charge in [-0.25, -0.2) is 4.98 Å². The van der Waals surface area contributed by atoms with E-state index in [-0.39, 0.29) is 17.0 Å². The summed E-state index contributed by atoms with van der Waals surface area (Å²) in [6.07, 6.45) is 1.66. The Morgan fingerprint density at radius 1 is 1.45 bits per heavy atom. The van der Waals surface area contributed by atoms with Crippen LogP contribution < -0.4 is 4.90 Å². The Balaban J connectivity index is 2.12. The Morgan fingerprint density at radius 2 is 2.14 bits per heavy atom. The maximum Gasteiger partial charge on any atom is 0.310 e. The lowest BCUT2D eigenvalue weighted by molar-refractivity contribution is -0.117. The molecule has 1 aliphatic heterocycles. The number of carbonyl (C=O) groups is 1. The maximum absolute atomic E-state index is 13.2. The minimum absolute atomic E-state index is 0.0399. The van der Waals surface area contributed by atoms with Crippen molar-refractivity contribution in [1.29, 1.82) is 0 Å². The number of hydrogen-bond donors (Lipinski definition) is 0. The lowest BCUT2D eigenvalue weighted by Crippen LogP contribution is -2.45. The Labute approximate surface area is 132 Å². The van der Waals surface area contributed by atoms with E-state index >= 15 is 0 Å². The molecule has 122 valence electrons. The SMILES string of the molecule is CC(C)(C)[Si](C)(C)OC[C@H]1CCC(=O)N1c1ccnc(F)n1. The van der Waals surface area contributed by atoms with Crippen LogP contribution in [0.5, 0.6) is 0 Å². The molecule has 1 aliphatic rings. The number of hydrogen-bond acceptors (Lipinski definition) is 4. The third-order valence-electron chi connectivity index (χ3n) is 4.63. The second-order valence-corrected chi connectivity index (χ2v) is 12.0. The molecule has 1 saturated heterocycles. The van der Waals surface area contributed by atoms with Crippen LogP contribution in [-0.4, -0.2) is 36.8 Å². The van der Waals surface area contributed by atoms with Crippen molar-refractivity contribution < 1.29 is 13.6 Å². The van der Waals surface area contributed by atoms with Gasteiger partial charge in [-0.3, -0.25) is 9.69 Å². The molecule has 22 heavy (non-hydrogen) atoms. The van der Waals surface area contributed by atoms with Gasteiger partial charge < -0.3 is 4.43 Å². The van der Waals surface area contributed by atoms with Crippen LogP contribution in [0.1, 0.15) is 33.6 Å². The van der Waals surface area contributed by atoms with Crippen LogP contribution >= 0.6 is 0 Å². The molecule has 0 spiro atoms. The van der Waals surface area contributed by atoms with Crippen LogP contribution in [0.2, 0.25) is 18.1 Å². The van der Waals surface area contributed by atoms with Crippen LogP contribution in [0.25, 0.3) is 0 Å². The van der Waals surface area contributed by atoms with E-state index in [9.17, 15) is 9.18 Å². The molecular weight excluding hydrogens is 301 g/mol. The van der Waals surface area contributed by atoms with E-state index in [1.54, 1.807) is 11.0 Å². The van der Waals surface area contributed by atoms with Gasteiger partial charge in [0.25, 0.3) is 0 Å². The lowest BCUT2D eigenvalue weighted by atomic mass is 10.2. The van der Waals surface area contributed by atoms with Gasteiger partial charge in [0, 0.05) is 12.6 Å². The molecule has 0 unspecified atom stereocenters. The predicted octanol–water partition coefficient (Wildman–Crippen LogP) is 3.13. The molecule has 7 heteroatoms. The largest absolute Gasteiger partial charge is 0.415 e. The topological polar surface area (TPSA) is 55.3 Å². The number of rotatable bonds is 4. The Kier molecular flexibility index (Phi) is 4.67. The normalized spacial score (nSPS) is 19.8. The first-order chi connectivity index (χ1) is 10.1. The zero-order valence-electron chi connectivity index (χ0n) is 13.9. The number of aromatic nitrogens is 2. The zero-order chi connectivity index (χ0) is 16.5. The lowest BCUT2D eigenvalue weighted by Gasteiger charge is -2.37. The van der Waals surface area contributed by atoms with Gasteiger partial charge in [0.2, 0.25) is 5.91 Å². The van der Waals surface area contributed by atoms with Crippen molar-refractivity contribution in [3.05, 3.63) is 18.3 Å². The van der Waals surface area contributed by atoms with Crippen molar-refractivity contribution in [2.75, 3.05) is 11.5 Å². The second-order valence-electron chi connectivity index (χ2n) is 7.21. The summed E-state index contributed by atoms with van der Waals surface area (Å²) >= 11 is 0. The van der Waals surface area contributed by atoms with Crippen LogP contribution in [0.4, 0.5) is 10.2 Å². The van der Waals surface area contributed by atoms with E-state index in [4.69, 9.17) is 4.43 Å². The number of nitrogens with zero attached hydrogens (tertiary/aromatic N) is 3. The van der Waals surface area contributed by atoms with E-state index in [1.165, 1.54) is 6.20 Å². The smallest absolute Gasteiger partial charge is 0.310 e. The summed E-state index contributed by atoms with van der Waals surface area (Å²) in [5, 5.41) is 0.113. The molecule has 0 aliphatic carbocycles. The fourth-order valence-corrected chi connectivity index (χ4v) is 3.24. The van der Waals surface area contributed by atoms with Gasteiger partial charge in [-0.05, 0) is 30.6 Å². The van der Waals surface area contributed by atoms with Crippen molar-refractivity contribution in [2.24, 2.45) is 0 Å². The first-order valence-corrected chi connectivity index (χ1v) is 10.5. The van der Waals surface area contributed by atoms with Gasteiger partial charge in [0.1, 0.15) is 5.82 Å². The molecule has 1 aromatic heterocycles. The van der Waals surface area contributed by atoms with Crippen LogP contribution in [0, 0.1) is 6.08 Å². The fourth-order valence-electron chi connectivity index (χ4n) is 2.20. The molecule has 2 rings (SSSR count). The average molecular weight is 325 g/mol. The monoisotopic (exact) mass is 325 g/mol. The highest BCUT2D eigenvalue weighted by Gasteiger charge is 2.40. The highest BCUT2D eigenvalue weighted by Crippen LogP contribution is 2.37. The highest BCUT2D eigenvalue weighted by molar-refractivity contribution is 6.74. The number of amides is 1. The van der Waals surface area contributed by atoms with Crippen LogP contribution in [0.3, 0.4) is 0 Å². The number of anilines is 1. The molecule has 1 amide bonds. The van der Waals surface area contributed by atoms with Crippen molar-refractivity contribution in [3.63, 3.8) is 0 Å². The fraction of sp³-hybridized carbons (Fsp3) is 0.667. The summed E-state index contributed by atoms with van der Waals surface area (Å²) in [4.78, 5) is 20.8. The average Bonchev–Trinajstić information content (AvgIpc) is 2.76. The summed E-state index contributed by atoms with van der Waals surface area (Å²) in [7, 11) is -1.88. The molecule has 0 bridgehead atoms. The van der Waals surface area contributed by atoms with Gasteiger partial charge in [-0.15, -0.1) is 0 Å². The second kappa shape index (κ2) is 6.04. The molecule has 0 radical (unpaired) electrons. The summed E-state index contributed by atoms with van der Waals surface area (Å²) in [5.41, 5.74) is 0. The Morgan fingerprint density at radius 3 is 2.73 bits per heavy atom. The first kappa shape index (κ1) is 17.0. The Hall–Kier alpha value is -1.34. The third-order valence-corrected chi connectivity index (χ3v) is 9.13. The van der Waals surface area contributed by atoms with Crippen LogP contribution in [0.15, 0.2) is 12.3 Å². The van der Waals surface area contributed by atoms with Gasteiger partial charge in [-0.1, -0.05) is 20.8 Å². The molecule has 1 aromatic rings. The van der Waals surface area contributed by atoms with Gasteiger partial charge >= 0.3 is 6.08 Å². The van der Waals surface area contributed by atoms with Crippen LogP contribution in [-0.2, 0) is 9.22 Å². The van der Waals surface area contributed by atoms with E-state index < -0.39 is 14.4 Å². The standard InChI is InChI=1S/C15H24FN3O2Si/c1-15(2,3)22(4,5)21-10-11-6-7-13(20)19(11)12-8-9-17-14(16)18-12/h8-9,11H,6-7,10H2,1-5H3/t11-/m1/s1. The van der Waals surface area contributed by atoms with E-state index in [1.807, 2.05) is 0 Å². The summed E-state index contributed by atoms with van der Waals surface area (Å²) in [5.74, 6) is 0.278. The minimum Gasteiger partial charge on any atom is -0.415 e.